The molecule has 0 saturated heterocycles. The van der Waals surface area contributed by atoms with E-state index in [4.69, 9.17) is 14.5 Å². The SMILES string of the molecule is Cc1nc2cccc(C=CO[Si](C)(C)C(C)(C)C)c2nc1NC(C)(C)CNC(=O)O. The Bertz CT molecular complexity index is 949. The Hall–Kier alpha value is -2.61. The average Bonchev–Trinajstić information content (AvgIpc) is 2.60. The molecule has 7 nitrogen and oxygen atoms in total. The summed E-state index contributed by atoms with van der Waals surface area (Å²) in [5.41, 5.74) is 2.71. The number of hydrogen-bond donors (Lipinski definition) is 3. The van der Waals surface area contributed by atoms with Crippen molar-refractivity contribution in [2.24, 2.45) is 0 Å². The van der Waals surface area contributed by atoms with E-state index in [0.717, 1.165) is 22.3 Å². The van der Waals surface area contributed by atoms with E-state index < -0.39 is 19.9 Å². The van der Waals surface area contributed by atoms with Crippen LogP contribution in [-0.2, 0) is 4.43 Å². The zero-order chi connectivity index (χ0) is 22.7. The Kier molecular flexibility index (Phi) is 6.81. The molecule has 1 aromatic carbocycles. The number of rotatable bonds is 7. The van der Waals surface area contributed by atoms with Crippen molar-refractivity contribution >= 4 is 37.3 Å². The molecule has 2 aromatic rings. The van der Waals surface area contributed by atoms with E-state index in [1.165, 1.54) is 0 Å². The van der Waals surface area contributed by atoms with E-state index in [2.05, 4.69) is 49.5 Å². The van der Waals surface area contributed by atoms with Crippen LogP contribution in [-0.4, -0.2) is 41.6 Å². The number of anilines is 1. The Morgan fingerprint density at radius 2 is 1.87 bits per heavy atom. The van der Waals surface area contributed by atoms with Crippen molar-refractivity contribution in [3.8, 4) is 0 Å². The molecule has 2 rings (SSSR count). The van der Waals surface area contributed by atoms with E-state index in [9.17, 15) is 4.79 Å². The standard InChI is InChI=1S/C22H34N4O3Si/c1-15-19(26-22(5,6)14-23-20(27)28)25-18-16(10-9-11-17(18)24-15)12-13-29-30(7,8)21(2,3)4/h9-13,23H,14H2,1-8H3,(H,25,26)(H,27,28). The van der Waals surface area contributed by atoms with Crippen LogP contribution in [0.2, 0.25) is 18.1 Å². The summed E-state index contributed by atoms with van der Waals surface area (Å²) in [6.07, 6.45) is 2.66. The smallest absolute Gasteiger partial charge is 0.404 e. The number of nitrogens with zero attached hydrogens (tertiary/aromatic N) is 2. The number of benzene rings is 1. The van der Waals surface area contributed by atoms with Crippen LogP contribution in [0.1, 0.15) is 45.9 Å². The van der Waals surface area contributed by atoms with Crippen molar-refractivity contribution in [3.05, 3.63) is 35.7 Å². The van der Waals surface area contributed by atoms with Gasteiger partial charge in [-0.15, -0.1) is 0 Å². The number of nitrogens with one attached hydrogen (secondary N) is 2. The molecule has 1 aromatic heterocycles. The Morgan fingerprint density at radius 3 is 2.47 bits per heavy atom. The third kappa shape index (κ3) is 5.95. The zero-order valence-corrected chi connectivity index (χ0v) is 20.3. The minimum atomic E-state index is -1.89. The number of aromatic nitrogens is 2. The molecule has 1 amide bonds. The van der Waals surface area contributed by atoms with Gasteiger partial charge in [0.1, 0.15) is 5.82 Å². The Labute approximate surface area is 180 Å². The van der Waals surface area contributed by atoms with E-state index in [1.807, 2.05) is 45.0 Å². The van der Waals surface area contributed by atoms with Gasteiger partial charge in [-0.1, -0.05) is 32.9 Å². The molecule has 0 fully saturated rings. The van der Waals surface area contributed by atoms with Crippen molar-refractivity contribution in [3.63, 3.8) is 0 Å². The van der Waals surface area contributed by atoms with Gasteiger partial charge in [0.05, 0.1) is 28.5 Å². The van der Waals surface area contributed by atoms with Crippen LogP contribution in [0, 0.1) is 6.92 Å². The highest BCUT2D eigenvalue weighted by atomic mass is 28.4. The number of para-hydroxylation sites is 1. The molecule has 30 heavy (non-hydrogen) atoms. The zero-order valence-electron chi connectivity index (χ0n) is 19.3. The van der Waals surface area contributed by atoms with Gasteiger partial charge in [0.2, 0.25) is 8.32 Å². The first-order chi connectivity index (χ1) is 13.7. The number of amides is 1. The number of carbonyl (C=O) groups is 1. The van der Waals surface area contributed by atoms with Crippen molar-refractivity contribution < 1.29 is 14.3 Å². The van der Waals surface area contributed by atoms with Crippen LogP contribution in [0.5, 0.6) is 0 Å². The lowest BCUT2D eigenvalue weighted by atomic mass is 10.1. The van der Waals surface area contributed by atoms with E-state index in [1.54, 1.807) is 6.26 Å². The van der Waals surface area contributed by atoms with Gasteiger partial charge < -0.3 is 20.2 Å². The third-order valence-electron chi connectivity index (χ3n) is 5.46. The molecule has 0 bridgehead atoms. The molecule has 0 aliphatic rings. The molecular weight excluding hydrogens is 396 g/mol. The molecule has 3 N–H and O–H groups in total. The second kappa shape index (κ2) is 8.63. The maximum atomic E-state index is 10.8. The monoisotopic (exact) mass is 430 g/mol. The molecule has 164 valence electrons. The van der Waals surface area contributed by atoms with Crippen LogP contribution < -0.4 is 10.6 Å². The maximum Gasteiger partial charge on any atom is 0.404 e. The van der Waals surface area contributed by atoms with E-state index >= 15 is 0 Å². The fourth-order valence-corrected chi connectivity index (χ4v) is 3.32. The van der Waals surface area contributed by atoms with Gasteiger partial charge in [-0.25, -0.2) is 14.8 Å². The summed E-state index contributed by atoms with van der Waals surface area (Å²) in [6, 6.07) is 5.87. The van der Waals surface area contributed by atoms with Crippen molar-refractivity contribution in [2.45, 2.75) is 65.2 Å². The first kappa shape index (κ1) is 23.7. The van der Waals surface area contributed by atoms with Crippen LogP contribution >= 0.6 is 0 Å². The number of carboxylic acid groups (broad SMARTS) is 1. The molecule has 1 heterocycles. The van der Waals surface area contributed by atoms with Crippen molar-refractivity contribution in [1.29, 1.82) is 0 Å². The lowest BCUT2D eigenvalue weighted by molar-refractivity contribution is 0.192. The normalized spacial score (nSPS) is 12.9. The largest absolute Gasteiger partial charge is 0.549 e. The highest BCUT2D eigenvalue weighted by Crippen LogP contribution is 2.36. The average molecular weight is 431 g/mol. The van der Waals surface area contributed by atoms with Gasteiger partial charge in [0, 0.05) is 12.1 Å². The van der Waals surface area contributed by atoms with Gasteiger partial charge in [-0.3, -0.25) is 0 Å². The molecular formula is C22H34N4O3Si. The molecule has 8 heteroatoms. The molecule has 0 aliphatic heterocycles. The van der Waals surface area contributed by atoms with Gasteiger partial charge in [-0.2, -0.15) is 0 Å². The highest BCUT2D eigenvalue weighted by Gasteiger charge is 2.37. The minimum absolute atomic E-state index is 0.125. The summed E-state index contributed by atoms with van der Waals surface area (Å²) >= 11 is 0. The molecule has 0 radical (unpaired) electrons. The van der Waals surface area contributed by atoms with Gasteiger partial charge in [0.15, 0.2) is 0 Å². The summed E-state index contributed by atoms with van der Waals surface area (Å²) < 4.78 is 6.17. The Balaban J connectivity index is 2.34. The van der Waals surface area contributed by atoms with Crippen molar-refractivity contribution in [1.82, 2.24) is 15.3 Å². The summed E-state index contributed by atoms with van der Waals surface area (Å²) in [6.45, 7) is 17.0. The fraction of sp³-hybridized carbons (Fsp3) is 0.500. The third-order valence-corrected chi connectivity index (χ3v) is 9.79. The quantitative estimate of drug-likeness (QED) is 0.403. The second-order valence-electron chi connectivity index (χ2n) is 9.72. The van der Waals surface area contributed by atoms with Crippen LogP contribution in [0.15, 0.2) is 24.5 Å². The van der Waals surface area contributed by atoms with E-state index in [-0.39, 0.29) is 11.6 Å². The maximum absolute atomic E-state index is 10.8. The van der Waals surface area contributed by atoms with Gasteiger partial charge in [0.25, 0.3) is 0 Å². The Morgan fingerprint density at radius 1 is 1.20 bits per heavy atom. The minimum Gasteiger partial charge on any atom is -0.549 e. The van der Waals surface area contributed by atoms with Crippen LogP contribution in [0.4, 0.5) is 10.6 Å². The lowest BCUT2D eigenvalue weighted by Crippen LogP contribution is -2.44. The first-order valence-corrected chi connectivity index (χ1v) is 13.0. The predicted molar refractivity (Wildman–Crippen MR) is 125 cm³/mol. The lowest BCUT2D eigenvalue weighted by Gasteiger charge is -2.34. The van der Waals surface area contributed by atoms with Gasteiger partial charge in [-0.05, 0) is 51.0 Å². The predicted octanol–water partition coefficient (Wildman–Crippen LogP) is 5.39. The van der Waals surface area contributed by atoms with Gasteiger partial charge >= 0.3 is 6.09 Å². The molecule has 0 aliphatic carbocycles. The van der Waals surface area contributed by atoms with Crippen LogP contribution in [0.25, 0.3) is 17.1 Å². The highest BCUT2D eigenvalue weighted by molar-refractivity contribution is 6.74. The first-order valence-electron chi connectivity index (χ1n) is 10.1. The summed E-state index contributed by atoms with van der Waals surface area (Å²) in [7, 11) is -1.89. The number of hydrogen-bond acceptors (Lipinski definition) is 5. The summed E-state index contributed by atoms with van der Waals surface area (Å²) in [5.74, 6) is 0.630. The molecule has 0 unspecified atom stereocenters. The van der Waals surface area contributed by atoms with Crippen molar-refractivity contribution in [2.75, 3.05) is 11.9 Å². The number of aryl methyl sites for hydroxylation is 1. The van der Waals surface area contributed by atoms with E-state index in [0.29, 0.717) is 5.82 Å². The van der Waals surface area contributed by atoms with Crippen LogP contribution in [0.3, 0.4) is 0 Å². The number of fused-ring (bicyclic) bond motifs is 1. The topological polar surface area (TPSA) is 96.4 Å². The summed E-state index contributed by atoms with van der Waals surface area (Å²) in [4.78, 5) is 20.3. The molecule has 0 spiro atoms. The molecule has 0 saturated carbocycles. The second-order valence-corrected chi connectivity index (χ2v) is 14.5. The molecule has 0 atom stereocenters. The summed E-state index contributed by atoms with van der Waals surface area (Å²) in [5, 5.41) is 14.7. The fourth-order valence-electron chi connectivity index (χ4n) is 2.56.